The Morgan fingerprint density at radius 1 is 1.33 bits per heavy atom. The maximum absolute atomic E-state index is 12.2. The molecular weight excluding hydrogens is 300 g/mol. The molecule has 2 heterocycles. The van der Waals surface area contributed by atoms with E-state index >= 15 is 0 Å². The van der Waals surface area contributed by atoms with Gasteiger partial charge in [0.1, 0.15) is 0 Å². The van der Waals surface area contributed by atoms with E-state index in [1.165, 1.54) is 23.7 Å². The minimum Gasteiger partial charge on any atom is -0.469 e. The summed E-state index contributed by atoms with van der Waals surface area (Å²) < 4.78 is 5.03. The first-order valence-electron chi connectivity index (χ1n) is 8.63. The van der Waals surface area contributed by atoms with Crippen LogP contribution in [-0.2, 0) is 9.53 Å². The number of hydrogen-bond donors (Lipinski definition) is 0. The molecule has 2 aromatic rings. The third-order valence-corrected chi connectivity index (χ3v) is 5.44. The summed E-state index contributed by atoms with van der Waals surface area (Å²) in [6, 6.07) is 8.41. The fourth-order valence-corrected chi connectivity index (χ4v) is 3.80. The standard InChI is InChI=1S/C20H26N2O2/c1-14-7-5-9-16-17(10-11-21-18(14)16)22-12-6-8-15(13-22)20(2,3)19(23)24-4/h5,7,9-11,15H,6,8,12-13H2,1-4H3. The molecule has 3 rings (SSSR count). The lowest BCUT2D eigenvalue weighted by molar-refractivity contribution is -0.154. The number of piperidine rings is 1. The number of para-hydroxylation sites is 1. The summed E-state index contributed by atoms with van der Waals surface area (Å²) in [5.74, 6) is 0.163. The second-order valence-corrected chi connectivity index (χ2v) is 7.30. The van der Waals surface area contributed by atoms with Crippen LogP contribution in [0.15, 0.2) is 30.5 Å². The molecule has 4 heteroatoms. The lowest BCUT2D eigenvalue weighted by Gasteiger charge is -2.41. The van der Waals surface area contributed by atoms with Gasteiger partial charge >= 0.3 is 5.97 Å². The molecule has 1 fully saturated rings. The van der Waals surface area contributed by atoms with Crippen molar-refractivity contribution in [2.24, 2.45) is 11.3 Å². The van der Waals surface area contributed by atoms with Crippen molar-refractivity contribution in [2.45, 2.75) is 33.6 Å². The molecule has 0 bridgehead atoms. The number of benzene rings is 1. The van der Waals surface area contributed by atoms with Crippen LogP contribution in [0.3, 0.4) is 0 Å². The molecule has 0 N–H and O–H groups in total. The molecule has 1 aromatic carbocycles. The van der Waals surface area contributed by atoms with Gasteiger partial charge < -0.3 is 9.64 Å². The Morgan fingerprint density at radius 2 is 2.12 bits per heavy atom. The Kier molecular flexibility index (Phi) is 4.48. The van der Waals surface area contributed by atoms with Crippen LogP contribution < -0.4 is 4.90 Å². The van der Waals surface area contributed by atoms with Gasteiger partial charge in [0.2, 0.25) is 0 Å². The number of methoxy groups -OCH3 is 1. The van der Waals surface area contributed by atoms with Gasteiger partial charge in [0.25, 0.3) is 0 Å². The van der Waals surface area contributed by atoms with Gasteiger partial charge in [0.05, 0.1) is 18.0 Å². The van der Waals surface area contributed by atoms with E-state index in [-0.39, 0.29) is 11.9 Å². The van der Waals surface area contributed by atoms with Crippen molar-refractivity contribution in [2.75, 3.05) is 25.1 Å². The Labute approximate surface area is 143 Å². The molecular formula is C20H26N2O2. The summed E-state index contributed by atoms with van der Waals surface area (Å²) >= 11 is 0. The zero-order valence-corrected chi connectivity index (χ0v) is 15.0. The summed E-state index contributed by atoms with van der Waals surface area (Å²) in [7, 11) is 1.48. The van der Waals surface area contributed by atoms with Crippen LogP contribution in [0.25, 0.3) is 10.9 Å². The Morgan fingerprint density at radius 3 is 2.88 bits per heavy atom. The van der Waals surface area contributed by atoms with E-state index in [4.69, 9.17) is 4.74 Å². The van der Waals surface area contributed by atoms with Gasteiger partial charge in [0.15, 0.2) is 0 Å². The molecule has 0 saturated carbocycles. The monoisotopic (exact) mass is 326 g/mol. The number of aromatic nitrogens is 1. The SMILES string of the molecule is COC(=O)C(C)(C)C1CCCN(c2ccnc3c(C)cccc23)C1. The van der Waals surface area contributed by atoms with Gasteiger partial charge in [0, 0.05) is 30.4 Å². The van der Waals surface area contributed by atoms with Crippen molar-refractivity contribution >= 4 is 22.6 Å². The number of nitrogens with zero attached hydrogens (tertiary/aromatic N) is 2. The molecule has 1 aliphatic rings. The summed E-state index contributed by atoms with van der Waals surface area (Å²) in [5, 5.41) is 1.19. The number of hydrogen-bond acceptors (Lipinski definition) is 4. The number of rotatable bonds is 3. The fourth-order valence-electron chi connectivity index (χ4n) is 3.80. The highest BCUT2D eigenvalue weighted by Crippen LogP contribution is 2.38. The van der Waals surface area contributed by atoms with Crippen LogP contribution in [0.5, 0.6) is 0 Å². The molecule has 0 radical (unpaired) electrons. The van der Waals surface area contributed by atoms with E-state index in [1.807, 2.05) is 20.0 Å². The van der Waals surface area contributed by atoms with Crippen molar-refractivity contribution in [3.63, 3.8) is 0 Å². The highest BCUT2D eigenvalue weighted by molar-refractivity contribution is 5.93. The maximum atomic E-state index is 12.2. The maximum Gasteiger partial charge on any atom is 0.311 e. The highest BCUT2D eigenvalue weighted by Gasteiger charge is 2.40. The number of fused-ring (bicyclic) bond motifs is 1. The molecule has 1 saturated heterocycles. The summed E-state index contributed by atoms with van der Waals surface area (Å²) in [6.07, 6.45) is 4.03. The predicted molar refractivity (Wildman–Crippen MR) is 97.2 cm³/mol. The van der Waals surface area contributed by atoms with E-state index < -0.39 is 5.41 Å². The van der Waals surface area contributed by atoms with E-state index in [9.17, 15) is 4.79 Å². The molecule has 1 aromatic heterocycles. The second kappa shape index (κ2) is 6.42. The smallest absolute Gasteiger partial charge is 0.311 e. The van der Waals surface area contributed by atoms with Crippen molar-refractivity contribution < 1.29 is 9.53 Å². The average Bonchev–Trinajstić information content (AvgIpc) is 2.61. The van der Waals surface area contributed by atoms with Crippen molar-refractivity contribution in [3.8, 4) is 0 Å². The summed E-state index contributed by atoms with van der Waals surface area (Å²) in [4.78, 5) is 19.1. The molecule has 1 aliphatic heterocycles. The molecule has 0 amide bonds. The van der Waals surface area contributed by atoms with E-state index in [1.54, 1.807) is 0 Å². The van der Waals surface area contributed by atoms with Gasteiger partial charge in [-0.3, -0.25) is 9.78 Å². The Hall–Kier alpha value is -2.10. The fraction of sp³-hybridized carbons (Fsp3) is 0.500. The first-order chi connectivity index (χ1) is 11.4. The third kappa shape index (κ3) is 2.85. The molecule has 4 nitrogen and oxygen atoms in total. The van der Waals surface area contributed by atoms with Gasteiger partial charge in [-0.25, -0.2) is 0 Å². The van der Waals surface area contributed by atoms with Gasteiger partial charge in [-0.15, -0.1) is 0 Å². The Bertz CT molecular complexity index is 754. The lowest BCUT2D eigenvalue weighted by Crippen LogP contribution is -2.45. The topological polar surface area (TPSA) is 42.4 Å². The molecule has 1 unspecified atom stereocenters. The average molecular weight is 326 g/mol. The number of carbonyl (C=O) groups excluding carboxylic acids is 1. The molecule has 128 valence electrons. The lowest BCUT2D eigenvalue weighted by atomic mass is 9.74. The molecule has 0 aliphatic carbocycles. The summed E-state index contributed by atoms with van der Waals surface area (Å²) in [6.45, 7) is 7.98. The zero-order valence-electron chi connectivity index (χ0n) is 15.0. The third-order valence-electron chi connectivity index (χ3n) is 5.44. The number of aryl methyl sites for hydroxylation is 1. The van der Waals surface area contributed by atoms with Crippen LogP contribution in [-0.4, -0.2) is 31.2 Å². The molecule has 1 atom stereocenters. The van der Waals surface area contributed by atoms with Crippen LogP contribution in [0, 0.1) is 18.3 Å². The summed E-state index contributed by atoms with van der Waals surface area (Å²) in [5.41, 5.74) is 3.00. The normalized spacial score (nSPS) is 18.7. The van der Waals surface area contributed by atoms with E-state index in [0.29, 0.717) is 0 Å². The number of carbonyl (C=O) groups is 1. The second-order valence-electron chi connectivity index (χ2n) is 7.30. The first kappa shape index (κ1) is 16.7. The minimum atomic E-state index is -0.466. The molecule has 24 heavy (non-hydrogen) atoms. The van der Waals surface area contributed by atoms with Crippen LogP contribution in [0.2, 0.25) is 0 Å². The Balaban J connectivity index is 1.94. The number of anilines is 1. The van der Waals surface area contributed by atoms with Crippen LogP contribution in [0.1, 0.15) is 32.3 Å². The first-order valence-corrected chi connectivity index (χ1v) is 8.63. The van der Waals surface area contributed by atoms with Crippen molar-refractivity contribution in [1.29, 1.82) is 0 Å². The highest BCUT2D eigenvalue weighted by atomic mass is 16.5. The van der Waals surface area contributed by atoms with Crippen molar-refractivity contribution in [3.05, 3.63) is 36.0 Å². The van der Waals surface area contributed by atoms with E-state index in [0.717, 1.165) is 31.4 Å². The minimum absolute atomic E-state index is 0.121. The van der Waals surface area contributed by atoms with Crippen molar-refractivity contribution in [1.82, 2.24) is 4.98 Å². The predicted octanol–water partition coefficient (Wildman–Crippen LogP) is 3.96. The van der Waals surface area contributed by atoms with Gasteiger partial charge in [-0.1, -0.05) is 18.2 Å². The van der Waals surface area contributed by atoms with Gasteiger partial charge in [-0.05, 0) is 51.2 Å². The quantitative estimate of drug-likeness (QED) is 0.801. The number of pyridine rings is 1. The van der Waals surface area contributed by atoms with Crippen LogP contribution >= 0.6 is 0 Å². The van der Waals surface area contributed by atoms with Crippen LogP contribution in [0.4, 0.5) is 5.69 Å². The largest absolute Gasteiger partial charge is 0.469 e. The number of esters is 1. The number of ether oxygens (including phenoxy) is 1. The zero-order chi connectivity index (χ0) is 17.3. The molecule has 0 spiro atoms. The van der Waals surface area contributed by atoms with E-state index in [2.05, 4.69) is 41.1 Å². The van der Waals surface area contributed by atoms with Gasteiger partial charge in [-0.2, -0.15) is 0 Å².